The van der Waals surface area contributed by atoms with Crippen LogP contribution in [0, 0.1) is 0 Å². The van der Waals surface area contributed by atoms with E-state index in [1.807, 2.05) is 6.07 Å². The number of anilines is 1. The molecule has 0 aromatic heterocycles. The van der Waals surface area contributed by atoms with Crippen LogP contribution < -0.4 is 5.73 Å². The lowest BCUT2D eigenvalue weighted by molar-refractivity contribution is 0.352. The van der Waals surface area contributed by atoms with Gasteiger partial charge in [-0.1, -0.05) is 36.0 Å². The van der Waals surface area contributed by atoms with Gasteiger partial charge in [-0.3, -0.25) is 0 Å². The third-order valence-electron chi connectivity index (χ3n) is 3.86. The second-order valence-electron chi connectivity index (χ2n) is 5.34. The Hall–Kier alpha value is -1.45. The minimum Gasteiger partial charge on any atom is -0.398 e. The molecule has 20 heavy (non-hydrogen) atoms. The summed E-state index contributed by atoms with van der Waals surface area (Å²) in [5.74, 6) is 0. The normalized spacial score (nSPS) is 15.7. The van der Waals surface area contributed by atoms with Crippen LogP contribution in [0.5, 0.6) is 0 Å². The molecule has 2 nitrogen and oxygen atoms in total. The second kappa shape index (κ2) is 5.90. The molecule has 1 aliphatic rings. The Morgan fingerprint density at radius 1 is 1.00 bits per heavy atom. The van der Waals surface area contributed by atoms with E-state index in [9.17, 15) is 0 Å². The smallest absolute Gasteiger partial charge is 0.0458 e. The Bertz CT molecular complexity index is 595. The molecule has 0 saturated heterocycles. The fourth-order valence-electron chi connectivity index (χ4n) is 2.65. The van der Waals surface area contributed by atoms with Crippen LogP contribution >= 0.6 is 11.8 Å². The van der Waals surface area contributed by atoms with Crippen LogP contribution in [0.4, 0.5) is 5.69 Å². The summed E-state index contributed by atoms with van der Waals surface area (Å²) in [4.78, 5) is 4.90. The number of hydrogen-bond acceptors (Lipinski definition) is 3. The van der Waals surface area contributed by atoms with Crippen LogP contribution in [0.25, 0.3) is 0 Å². The molecule has 3 heteroatoms. The predicted octanol–water partition coefficient (Wildman–Crippen LogP) is 3.45. The third kappa shape index (κ3) is 2.84. The molecule has 1 aliphatic heterocycles. The van der Waals surface area contributed by atoms with Crippen molar-refractivity contribution in [3.8, 4) is 0 Å². The maximum Gasteiger partial charge on any atom is 0.0458 e. The van der Waals surface area contributed by atoms with Gasteiger partial charge in [-0.2, -0.15) is 0 Å². The molecule has 0 unspecified atom stereocenters. The first-order valence-corrected chi connectivity index (χ1v) is 7.87. The number of nitrogens with zero attached hydrogens (tertiary/aromatic N) is 1. The molecular formula is C17H20N2S. The summed E-state index contributed by atoms with van der Waals surface area (Å²) in [6.45, 7) is 2.24. The summed E-state index contributed by atoms with van der Waals surface area (Å²) in [6.07, 6.45) is 2.21. The summed E-state index contributed by atoms with van der Waals surface area (Å²) < 4.78 is 0. The molecule has 1 heterocycles. The Morgan fingerprint density at radius 2 is 1.75 bits per heavy atom. The van der Waals surface area contributed by atoms with E-state index >= 15 is 0 Å². The van der Waals surface area contributed by atoms with Crippen molar-refractivity contribution in [1.29, 1.82) is 0 Å². The van der Waals surface area contributed by atoms with E-state index in [4.69, 9.17) is 5.73 Å². The summed E-state index contributed by atoms with van der Waals surface area (Å²) in [5.41, 5.74) is 10.1. The molecular weight excluding hydrogens is 264 g/mol. The highest BCUT2D eigenvalue weighted by Gasteiger charge is 2.17. The number of nitrogens with two attached hydrogens (primary N) is 1. The van der Waals surface area contributed by atoms with Crippen LogP contribution in [-0.4, -0.2) is 25.0 Å². The summed E-state index contributed by atoms with van der Waals surface area (Å²) >= 11 is 1.80. The fraction of sp³-hybridized carbons (Fsp3) is 0.294. The minimum absolute atomic E-state index is 0.905. The molecule has 0 radical (unpaired) electrons. The van der Waals surface area contributed by atoms with Crippen molar-refractivity contribution >= 4 is 17.4 Å². The van der Waals surface area contributed by atoms with Crippen molar-refractivity contribution in [2.75, 3.05) is 25.9 Å². The quantitative estimate of drug-likeness (QED) is 0.857. The largest absolute Gasteiger partial charge is 0.398 e. The van der Waals surface area contributed by atoms with Crippen molar-refractivity contribution in [3.63, 3.8) is 0 Å². The van der Waals surface area contributed by atoms with Gasteiger partial charge < -0.3 is 10.6 Å². The van der Waals surface area contributed by atoms with Crippen LogP contribution in [0.1, 0.15) is 11.1 Å². The lowest BCUT2D eigenvalue weighted by Crippen LogP contribution is -2.20. The van der Waals surface area contributed by atoms with E-state index in [2.05, 4.69) is 48.3 Å². The molecule has 0 bridgehead atoms. The van der Waals surface area contributed by atoms with E-state index in [1.54, 1.807) is 11.8 Å². The zero-order valence-corrected chi connectivity index (χ0v) is 12.6. The van der Waals surface area contributed by atoms with Gasteiger partial charge in [0.25, 0.3) is 0 Å². The Balaban J connectivity index is 1.98. The number of nitrogen functional groups attached to an aromatic ring is 1. The van der Waals surface area contributed by atoms with Gasteiger partial charge in [0, 0.05) is 28.6 Å². The molecule has 2 aromatic carbocycles. The van der Waals surface area contributed by atoms with Crippen molar-refractivity contribution in [2.45, 2.75) is 22.6 Å². The first kappa shape index (κ1) is 13.5. The Labute approximate surface area is 125 Å². The molecule has 0 spiro atoms. The molecule has 104 valence electrons. The Kier molecular flexibility index (Phi) is 3.99. The van der Waals surface area contributed by atoms with E-state index in [0.717, 1.165) is 31.6 Å². The standard InChI is InChI=1S/C17H20N2S/c1-19-11-9-13-7-8-16(18)17(15(13)10-12-19)20-14-5-3-2-4-6-14/h2-8H,9-12,18H2,1H3. The number of hydrogen-bond donors (Lipinski definition) is 1. The zero-order chi connectivity index (χ0) is 13.9. The molecule has 0 atom stereocenters. The van der Waals surface area contributed by atoms with E-state index in [1.165, 1.54) is 20.9 Å². The number of likely N-dealkylation sites (N-methyl/N-ethyl adjacent to an activating group) is 1. The molecule has 0 saturated carbocycles. The average molecular weight is 284 g/mol. The van der Waals surface area contributed by atoms with E-state index < -0.39 is 0 Å². The van der Waals surface area contributed by atoms with Gasteiger partial charge in [0.1, 0.15) is 0 Å². The topological polar surface area (TPSA) is 29.3 Å². The molecule has 0 amide bonds. The summed E-state index contributed by atoms with van der Waals surface area (Å²) in [5, 5.41) is 0. The predicted molar refractivity (Wildman–Crippen MR) is 86.3 cm³/mol. The average Bonchev–Trinajstić information content (AvgIpc) is 2.66. The van der Waals surface area contributed by atoms with Crippen molar-refractivity contribution in [1.82, 2.24) is 4.90 Å². The summed E-state index contributed by atoms with van der Waals surface area (Å²) in [6, 6.07) is 14.8. The number of rotatable bonds is 2. The lowest BCUT2D eigenvalue weighted by atomic mass is 10.0. The van der Waals surface area contributed by atoms with Gasteiger partial charge in [-0.15, -0.1) is 0 Å². The van der Waals surface area contributed by atoms with Crippen LogP contribution in [0.2, 0.25) is 0 Å². The summed E-state index contributed by atoms with van der Waals surface area (Å²) in [7, 11) is 2.19. The maximum atomic E-state index is 6.24. The van der Waals surface area contributed by atoms with Gasteiger partial charge in [-0.05, 0) is 49.2 Å². The lowest BCUT2D eigenvalue weighted by Gasteiger charge is -2.14. The molecule has 0 fully saturated rings. The monoisotopic (exact) mass is 284 g/mol. The number of fused-ring (bicyclic) bond motifs is 1. The number of benzene rings is 2. The van der Waals surface area contributed by atoms with Gasteiger partial charge in [-0.25, -0.2) is 0 Å². The highest BCUT2D eigenvalue weighted by atomic mass is 32.2. The SMILES string of the molecule is CN1CCc2ccc(N)c(Sc3ccccc3)c2CC1. The van der Waals surface area contributed by atoms with Gasteiger partial charge >= 0.3 is 0 Å². The maximum absolute atomic E-state index is 6.24. The van der Waals surface area contributed by atoms with Crippen molar-refractivity contribution < 1.29 is 0 Å². The van der Waals surface area contributed by atoms with E-state index in [-0.39, 0.29) is 0 Å². The third-order valence-corrected chi connectivity index (χ3v) is 5.05. The van der Waals surface area contributed by atoms with Crippen LogP contribution in [0.15, 0.2) is 52.3 Å². The van der Waals surface area contributed by atoms with Crippen LogP contribution in [-0.2, 0) is 12.8 Å². The molecule has 2 aromatic rings. The highest BCUT2D eigenvalue weighted by Crippen LogP contribution is 2.37. The van der Waals surface area contributed by atoms with Gasteiger partial charge in [0.2, 0.25) is 0 Å². The van der Waals surface area contributed by atoms with E-state index in [0.29, 0.717) is 0 Å². The first-order chi connectivity index (χ1) is 9.74. The zero-order valence-electron chi connectivity index (χ0n) is 11.8. The minimum atomic E-state index is 0.905. The highest BCUT2D eigenvalue weighted by molar-refractivity contribution is 7.99. The molecule has 3 rings (SSSR count). The molecule has 0 aliphatic carbocycles. The van der Waals surface area contributed by atoms with Gasteiger partial charge in [0.15, 0.2) is 0 Å². The Morgan fingerprint density at radius 3 is 2.55 bits per heavy atom. The van der Waals surface area contributed by atoms with Crippen LogP contribution in [0.3, 0.4) is 0 Å². The van der Waals surface area contributed by atoms with Crippen molar-refractivity contribution in [2.24, 2.45) is 0 Å². The fourth-order valence-corrected chi connectivity index (χ4v) is 3.72. The molecule has 2 N–H and O–H groups in total. The second-order valence-corrected chi connectivity index (χ2v) is 6.42. The van der Waals surface area contributed by atoms with Crippen molar-refractivity contribution in [3.05, 3.63) is 53.6 Å². The van der Waals surface area contributed by atoms with Gasteiger partial charge in [0.05, 0.1) is 0 Å². The first-order valence-electron chi connectivity index (χ1n) is 7.06.